The molecule has 0 spiro atoms. The van der Waals surface area contributed by atoms with Gasteiger partial charge in [0.15, 0.2) is 0 Å². The second-order valence-electron chi connectivity index (χ2n) is 6.85. The molecule has 0 aromatic heterocycles. The summed E-state index contributed by atoms with van der Waals surface area (Å²) in [5.41, 5.74) is 5.16. The number of aryl methyl sites for hydroxylation is 2. The second-order valence-corrected chi connectivity index (χ2v) is 6.85. The topological polar surface area (TPSA) is 46.5 Å². The minimum atomic E-state index is -0.522. The average Bonchev–Trinajstić information content (AvgIpc) is 2.71. The number of esters is 1. The van der Waals surface area contributed by atoms with Crippen LogP contribution in [-0.4, -0.2) is 24.3 Å². The van der Waals surface area contributed by atoms with Gasteiger partial charge in [0.25, 0.3) is 0 Å². The number of aliphatic hydroxyl groups is 1. The van der Waals surface area contributed by atoms with Crippen molar-refractivity contribution >= 4 is 5.97 Å². The Hall–Kier alpha value is -2.39. The molecule has 0 unspecified atom stereocenters. The van der Waals surface area contributed by atoms with Gasteiger partial charge in [-0.25, -0.2) is 4.79 Å². The lowest BCUT2D eigenvalue weighted by atomic mass is 9.99. The SMILES string of the molecule is C=C(CO)C(=O)OCCCc1ccc(-c2ccc(CCCCC)cc2)cc1. The molecule has 0 radical (unpaired) electrons. The molecule has 0 saturated carbocycles. The van der Waals surface area contributed by atoms with Crippen molar-refractivity contribution in [1.82, 2.24) is 0 Å². The Bertz CT molecular complexity index is 714. The molecule has 0 amide bonds. The highest BCUT2D eigenvalue weighted by Crippen LogP contribution is 2.21. The van der Waals surface area contributed by atoms with Gasteiger partial charge in [0.2, 0.25) is 0 Å². The van der Waals surface area contributed by atoms with Gasteiger partial charge in [-0.2, -0.15) is 0 Å². The van der Waals surface area contributed by atoms with E-state index in [2.05, 4.69) is 62.0 Å². The van der Waals surface area contributed by atoms with Crippen LogP contribution in [0.15, 0.2) is 60.7 Å². The first-order valence-electron chi connectivity index (χ1n) is 9.78. The molecule has 2 aromatic rings. The van der Waals surface area contributed by atoms with Crippen molar-refractivity contribution in [3.63, 3.8) is 0 Å². The molecule has 0 fully saturated rings. The van der Waals surface area contributed by atoms with E-state index in [0.717, 1.165) is 19.3 Å². The van der Waals surface area contributed by atoms with Crippen LogP contribution in [0.3, 0.4) is 0 Å². The molecule has 144 valence electrons. The van der Waals surface area contributed by atoms with E-state index in [1.54, 1.807) is 0 Å². The third-order valence-corrected chi connectivity index (χ3v) is 4.63. The van der Waals surface area contributed by atoms with Gasteiger partial charge in [0, 0.05) is 0 Å². The summed E-state index contributed by atoms with van der Waals surface area (Å²) in [5, 5.41) is 8.82. The van der Waals surface area contributed by atoms with Crippen molar-refractivity contribution in [3.8, 4) is 11.1 Å². The van der Waals surface area contributed by atoms with E-state index >= 15 is 0 Å². The molecule has 3 nitrogen and oxygen atoms in total. The Morgan fingerprint density at radius 1 is 0.889 bits per heavy atom. The second kappa shape index (κ2) is 11.3. The zero-order chi connectivity index (χ0) is 19.5. The standard InChI is InChI=1S/C24H30O3/c1-3-4-5-7-20-9-13-22(14-10-20)23-15-11-21(12-16-23)8-6-17-27-24(26)19(2)18-25/h9-16,25H,2-8,17-18H2,1H3. The van der Waals surface area contributed by atoms with Gasteiger partial charge in [0.1, 0.15) is 0 Å². The van der Waals surface area contributed by atoms with Gasteiger partial charge < -0.3 is 9.84 Å². The van der Waals surface area contributed by atoms with Crippen LogP contribution in [0, 0.1) is 0 Å². The number of hydrogen-bond donors (Lipinski definition) is 1. The van der Waals surface area contributed by atoms with E-state index in [9.17, 15) is 4.79 Å². The summed E-state index contributed by atoms with van der Waals surface area (Å²) < 4.78 is 5.06. The molecule has 0 bridgehead atoms. The molecule has 0 saturated heterocycles. The van der Waals surface area contributed by atoms with Crippen LogP contribution in [0.2, 0.25) is 0 Å². The highest BCUT2D eigenvalue weighted by molar-refractivity contribution is 5.87. The highest BCUT2D eigenvalue weighted by Gasteiger charge is 2.06. The van der Waals surface area contributed by atoms with Crippen LogP contribution in [-0.2, 0) is 22.4 Å². The van der Waals surface area contributed by atoms with Gasteiger partial charge >= 0.3 is 5.97 Å². The predicted molar refractivity (Wildman–Crippen MR) is 111 cm³/mol. The molecule has 1 N–H and O–H groups in total. The van der Waals surface area contributed by atoms with E-state index in [1.807, 2.05) is 0 Å². The summed E-state index contributed by atoms with van der Waals surface area (Å²) in [6.07, 6.45) is 6.55. The van der Waals surface area contributed by atoms with E-state index in [-0.39, 0.29) is 12.2 Å². The van der Waals surface area contributed by atoms with Crippen molar-refractivity contribution in [1.29, 1.82) is 0 Å². The Kier molecular flexibility index (Phi) is 8.79. The Labute approximate surface area is 162 Å². The summed E-state index contributed by atoms with van der Waals surface area (Å²) in [5.74, 6) is -0.522. The largest absolute Gasteiger partial charge is 0.462 e. The molecular formula is C24H30O3. The predicted octanol–water partition coefficient (Wildman–Crippen LogP) is 5.11. The monoisotopic (exact) mass is 366 g/mol. The number of hydrogen-bond acceptors (Lipinski definition) is 3. The van der Waals surface area contributed by atoms with Crippen LogP contribution in [0.1, 0.15) is 43.7 Å². The maximum absolute atomic E-state index is 11.4. The van der Waals surface area contributed by atoms with Crippen LogP contribution in [0.25, 0.3) is 11.1 Å². The fourth-order valence-corrected chi connectivity index (χ4v) is 2.91. The molecule has 0 heterocycles. The smallest absolute Gasteiger partial charge is 0.335 e. The number of aliphatic hydroxyl groups excluding tert-OH is 1. The Morgan fingerprint density at radius 2 is 1.41 bits per heavy atom. The summed E-state index contributed by atoms with van der Waals surface area (Å²) in [6.45, 7) is 5.65. The van der Waals surface area contributed by atoms with Gasteiger partial charge in [0.05, 0.1) is 18.8 Å². The summed E-state index contributed by atoms with van der Waals surface area (Å²) >= 11 is 0. The molecule has 2 aromatic carbocycles. The van der Waals surface area contributed by atoms with Crippen molar-refractivity contribution in [2.24, 2.45) is 0 Å². The molecule has 0 aliphatic heterocycles. The number of carbonyl (C=O) groups excluding carboxylic acids is 1. The number of rotatable bonds is 11. The van der Waals surface area contributed by atoms with Crippen molar-refractivity contribution < 1.29 is 14.6 Å². The Balaban J connectivity index is 1.80. The lowest BCUT2D eigenvalue weighted by molar-refractivity contribution is -0.139. The van der Waals surface area contributed by atoms with Gasteiger partial charge in [-0.1, -0.05) is 74.9 Å². The molecule has 0 atom stereocenters. The fourth-order valence-electron chi connectivity index (χ4n) is 2.91. The van der Waals surface area contributed by atoms with Crippen molar-refractivity contribution in [3.05, 3.63) is 71.8 Å². The van der Waals surface area contributed by atoms with E-state index < -0.39 is 5.97 Å². The molecule has 0 aliphatic carbocycles. The van der Waals surface area contributed by atoms with Crippen LogP contribution in [0.4, 0.5) is 0 Å². The molecule has 3 heteroatoms. The number of carbonyl (C=O) groups is 1. The normalized spacial score (nSPS) is 10.6. The summed E-state index contributed by atoms with van der Waals surface area (Å²) in [6, 6.07) is 17.4. The first-order valence-corrected chi connectivity index (χ1v) is 9.78. The first kappa shape index (κ1) is 20.9. The fraction of sp³-hybridized carbons (Fsp3) is 0.375. The van der Waals surface area contributed by atoms with Gasteiger partial charge in [-0.3, -0.25) is 0 Å². The van der Waals surface area contributed by atoms with Crippen LogP contribution in [0.5, 0.6) is 0 Å². The van der Waals surface area contributed by atoms with Crippen molar-refractivity contribution in [2.45, 2.75) is 45.4 Å². The average molecular weight is 367 g/mol. The third kappa shape index (κ3) is 7.03. The Morgan fingerprint density at radius 3 is 1.89 bits per heavy atom. The quantitative estimate of drug-likeness (QED) is 0.341. The molecular weight excluding hydrogens is 336 g/mol. The molecule has 27 heavy (non-hydrogen) atoms. The first-order chi connectivity index (χ1) is 13.1. The minimum Gasteiger partial charge on any atom is -0.462 e. The van der Waals surface area contributed by atoms with E-state index in [0.29, 0.717) is 6.61 Å². The maximum atomic E-state index is 11.4. The maximum Gasteiger partial charge on any atom is 0.335 e. The molecule has 0 aliphatic rings. The number of benzene rings is 2. The summed E-state index contributed by atoms with van der Waals surface area (Å²) in [4.78, 5) is 11.4. The van der Waals surface area contributed by atoms with Crippen LogP contribution < -0.4 is 0 Å². The van der Waals surface area contributed by atoms with Crippen molar-refractivity contribution in [2.75, 3.05) is 13.2 Å². The molecule has 2 rings (SSSR count). The van der Waals surface area contributed by atoms with E-state index in [1.165, 1.54) is 41.5 Å². The lowest BCUT2D eigenvalue weighted by Gasteiger charge is -2.07. The number of ether oxygens (including phenoxy) is 1. The zero-order valence-corrected chi connectivity index (χ0v) is 16.2. The third-order valence-electron chi connectivity index (χ3n) is 4.63. The lowest BCUT2D eigenvalue weighted by Crippen LogP contribution is -2.11. The zero-order valence-electron chi connectivity index (χ0n) is 16.2. The van der Waals surface area contributed by atoms with Gasteiger partial charge in [-0.15, -0.1) is 0 Å². The number of unbranched alkanes of at least 4 members (excludes halogenated alkanes) is 2. The summed E-state index contributed by atoms with van der Waals surface area (Å²) in [7, 11) is 0. The highest BCUT2D eigenvalue weighted by atomic mass is 16.5. The van der Waals surface area contributed by atoms with Crippen LogP contribution >= 0.6 is 0 Å². The minimum absolute atomic E-state index is 0.0933. The van der Waals surface area contributed by atoms with E-state index in [4.69, 9.17) is 9.84 Å². The van der Waals surface area contributed by atoms with Gasteiger partial charge in [-0.05, 0) is 47.9 Å².